The van der Waals surface area contributed by atoms with Crippen molar-refractivity contribution < 1.29 is 13.6 Å². The molecule has 2 aromatic carbocycles. The highest BCUT2D eigenvalue weighted by Gasteiger charge is 2.13. The molecule has 4 rings (SSSR count). The smallest absolute Gasteiger partial charge is 0.273 e. The number of hydrogen-bond donors (Lipinski definition) is 2. The minimum Gasteiger partial charge on any atom is -0.318 e. The zero-order chi connectivity index (χ0) is 20.4. The zero-order valence-corrected chi connectivity index (χ0v) is 15.6. The summed E-state index contributed by atoms with van der Waals surface area (Å²) >= 11 is 6.03. The molecular formula is C20H14ClF2N5O. The normalized spacial score (nSPS) is 10.9. The number of nitrogens with zero attached hydrogens (tertiary/aromatic N) is 3. The number of aromatic nitrogens is 4. The minimum absolute atomic E-state index is 0.249. The van der Waals surface area contributed by atoms with Gasteiger partial charge in [-0.1, -0.05) is 17.7 Å². The largest absolute Gasteiger partial charge is 0.318 e. The number of anilines is 1. The second-order valence-corrected chi connectivity index (χ2v) is 6.70. The monoisotopic (exact) mass is 413 g/mol. The Kier molecular flexibility index (Phi) is 5.09. The van der Waals surface area contributed by atoms with Crippen LogP contribution in [-0.2, 0) is 6.54 Å². The average Bonchev–Trinajstić information content (AvgIpc) is 3.34. The number of carbonyl (C=O) groups excluding carboxylic acids is 1. The van der Waals surface area contributed by atoms with Crippen molar-refractivity contribution in [1.29, 1.82) is 0 Å². The molecular weight excluding hydrogens is 400 g/mol. The summed E-state index contributed by atoms with van der Waals surface area (Å²) in [5.74, 6) is -1.15. The molecule has 6 nitrogen and oxygen atoms in total. The van der Waals surface area contributed by atoms with E-state index in [1.807, 2.05) is 0 Å². The number of amides is 1. The summed E-state index contributed by atoms with van der Waals surface area (Å²) in [6.07, 6.45) is 3.13. The van der Waals surface area contributed by atoms with Crippen LogP contribution in [0.3, 0.4) is 0 Å². The number of halogens is 3. The quantitative estimate of drug-likeness (QED) is 0.505. The highest BCUT2D eigenvalue weighted by molar-refractivity contribution is 6.31. The molecule has 9 heteroatoms. The van der Waals surface area contributed by atoms with Gasteiger partial charge in [0.1, 0.15) is 17.3 Å². The lowest BCUT2D eigenvalue weighted by molar-refractivity contribution is 0.102. The van der Waals surface area contributed by atoms with E-state index >= 15 is 0 Å². The molecule has 0 aliphatic carbocycles. The van der Waals surface area contributed by atoms with Gasteiger partial charge < -0.3 is 5.32 Å². The van der Waals surface area contributed by atoms with Gasteiger partial charge in [0.25, 0.3) is 5.91 Å². The number of carbonyl (C=O) groups is 1. The van der Waals surface area contributed by atoms with E-state index in [0.717, 1.165) is 0 Å². The summed E-state index contributed by atoms with van der Waals surface area (Å²) < 4.78 is 27.8. The van der Waals surface area contributed by atoms with Crippen molar-refractivity contribution in [2.75, 3.05) is 5.32 Å². The van der Waals surface area contributed by atoms with Crippen molar-refractivity contribution in [3.05, 3.63) is 88.8 Å². The Balaban J connectivity index is 1.43. The lowest BCUT2D eigenvalue weighted by Crippen LogP contribution is -2.11. The van der Waals surface area contributed by atoms with E-state index in [1.54, 1.807) is 35.1 Å². The summed E-state index contributed by atoms with van der Waals surface area (Å²) in [4.78, 5) is 12.4. The molecule has 0 atom stereocenters. The molecule has 0 fully saturated rings. The highest BCUT2D eigenvalue weighted by atomic mass is 35.5. The summed E-state index contributed by atoms with van der Waals surface area (Å²) in [5.41, 5.74) is 2.64. The Bertz CT molecular complexity index is 1170. The van der Waals surface area contributed by atoms with Crippen molar-refractivity contribution in [3.63, 3.8) is 0 Å². The Morgan fingerprint density at radius 2 is 1.86 bits per heavy atom. The third kappa shape index (κ3) is 4.33. The van der Waals surface area contributed by atoms with Crippen molar-refractivity contribution in [3.8, 4) is 11.3 Å². The van der Waals surface area contributed by atoms with Crippen LogP contribution in [-0.4, -0.2) is 25.9 Å². The average molecular weight is 414 g/mol. The third-order valence-electron chi connectivity index (χ3n) is 4.20. The third-order valence-corrected chi connectivity index (χ3v) is 4.55. The van der Waals surface area contributed by atoms with Gasteiger partial charge in [0.05, 0.1) is 24.1 Å². The summed E-state index contributed by atoms with van der Waals surface area (Å²) in [6, 6.07) is 11.5. The highest BCUT2D eigenvalue weighted by Crippen LogP contribution is 2.20. The molecule has 0 saturated heterocycles. The summed E-state index contributed by atoms with van der Waals surface area (Å²) in [6.45, 7) is 0.327. The van der Waals surface area contributed by atoms with Gasteiger partial charge in [0, 0.05) is 16.8 Å². The van der Waals surface area contributed by atoms with Crippen LogP contribution in [0.1, 0.15) is 16.1 Å². The van der Waals surface area contributed by atoms with Gasteiger partial charge in [0.2, 0.25) is 0 Å². The Hall–Kier alpha value is -3.52. The van der Waals surface area contributed by atoms with Crippen LogP contribution in [0.25, 0.3) is 11.3 Å². The fourth-order valence-corrected chi connectivity index (χ4v) is 2.97. The van der Waals surface area contributed by atoms with Crippen molar-refractivity contribution in [2.45, 2.75) is 6.54 Å². The molecule has 0 spiro atoms. The standard InChI is InChI=1S/C20H14ClF2N5O/c21-17-7-15(23)6-3-13(17)10-28-11-16(9-24-28)25-20(29)19-8-18(26-27-19)12-1-4-14(22)5-2-12/h1-9,11H,10H2,(H,25,29)(H,26,27). The van der Waals surface area contributed by atoms with E-state index in [-0.39, 0.29) is 11.5 Å². The van der Waals surface area contributed by atoms with E-state index in [2.05, 4.69) is 20.6 Å². The number of benzene rings is 2. The first-order chi connectivity index (χ1) is 14.0. The van der Waals surface area contributed by atoms with Crippen molar-refractivity contribution >= 4 is 23.2 Å². The molecule has 0 radical (unpaired) electrons. The van der Waals surface area contributed by atoms with Gasteiger partial charge in [-0.2, -0.15) is 10.2 Å². The van der Waals surface area contributed by atoms with Crippen LogP contribution in [0.15, 0.2) is 60.9 Å². The van der Waals surface area contributed by atoms with Crippen molar-refractivity contribution in [2.24, 2.45) is 0 Å². The first kappa shape index (κ1) is 18.8. The minimum atomic E-state index is -0.410. The molecule has 0 bridgehead atoms. The number of hydrogen-bond acceptors (Lipinski definition) is 3. The van der Waals surface area contributed by atoms with Gasteiger partial charge in [0.15, 0.2) is 0 Å². The number of nitrogens with one attached hydrogen (secondary N) is 2. The molecule has 4 aromatic rings. The first-order valence-electron chi connectivity index (χ1n) is 8.57. The van der Waals surface area contributed by atoms with Crippen LogP contribution in [0.4, 0.5) is 14.5 Å². The SMILES string of the molecule is O=C(Nc1cnn(Cc2ccc(F)cc2Cl)c1)c1cc(-c2ccc(F)cc2)n[nH]1. The molecule has 0 unspecified atom stereocenters. The first-order valence-corrected chi connectivity index (χ1v) is 8.95. The molecule has 29 heavy (non-hydrogen) atoms. The number of H-pyrrole nitrogens is 1. The molecule has 2 N–H and O–H groups in total. The van der Waals surface area contributed by atoms with Crippen LogP contribution >= 0.6 is 11.6 Å². The summed E-state index contributed by atoms with van der Waals surface area (Å²) in [5, 5.41) is 13.9. The van der Waals surface area contributed by atoms with Crippen molar-refractivity contribution in [1.82, 2.24) is 20.0 Å². The van der Waals surface area contributed by atoms with E-state index in [4.69, 9.17) is 11.6 Å². The van der Waals surface area contributed by atoms with Gasteiger partial charge in [-0.25, -0.2) is 8.78 Å². The van der Waals surface area contributed by atoms with E-state index in [0.29, 0.717) is 34.1 Å². The Morgan fingerprint density at radius 1 is 1.10 bits per heavy atom. The maximum Gasteiger partial charge on any atom is 0.273 e. The van der Waals surface area contributed by atoms with Gasteiger partial charge >= 0.3 is 0 Å². The number of aromatic amines is 1. The van der Waals surface area contributed by atoms with Gasteiger partial charge in [-0.15, -0.1) is 0 Å². The fourth-order valence-electron chi connectivity index (χ4n) is 2.74. The topological polar surface area (TPSA) is 75.6 Å². The number of rotatable bonds is 5. The molecule has 0 aliphatic rings. The zero-order valence-electron chi connectivity index (χ0n) is 14.9. The Morgan fingerprint density at radius 3 is 2.62 bits per heavy atom. The predicted octanol–water partition coefficient (Wildman–Crippen LogP) is 4.51. The van der Waals surface area contributed by atoms with Gasteiger partial charge in [-0.05, 0) is 48.0 Å². The summed E-state index contributed by atoms with van der Waals surface area (Å²) in [7, 11) is 0. The van der Waals surface area contributed by atoms with Crippen LogP contribution < -0.4 is 5.32 Å². The molecule has 2 aromatic heterocycles. The maximum atomic E-state index is 13.1. The Labute approximate surface area is 169 Å². The molecule has 1 amide bonds. The van der Waals surface area contributed by atoms with Crippen LogP contribution in [0.2, 0.25) is 5.02 Å². The molecule has 0 saturated carbocycles. The van der Waals surface area contributed by atoms with Gasteiger partial charge in [-0.3, -0.25) is 14.6 Å². The predicted molar refractivity (Wildman–Crippen MR) is 105 cm³/mol. The van der Waals surface area contributed by atoms with E-state index < -0.39 is 11.7 Å². The second-order valence-electron chi connectivity index (χ2n) is 6.29. The van der Waals surface area contributed by atoms with Crippen LogP contribution in [0, 0.1) is 11.6 Å². The molecule has 2 heterocycles. The lowest BCUT2D eigenvalue weighted by Gasteiger charge is -2.04. The maximum absolute atomic E-state index is 13.1. The molecule has 0 aliphatic heterocycles. The van der Waals surface area contributed by atoms with E-state index in [1.165, 1.54) is 30.5 Å². The second kappa shape index (κ2) is 7.84. The lowest BCUT2D eigenvalue weighted by atomic mass is 10.1. The molecule has 146 valence electrons. The van der Waals surface area contributed by atoms with E-state index in [9.17, 15) is 13.6 Å². The van der Waals surface area contributed by atoms with Crippen LogP contribution in [0.5, 0.6) is 0 Å². The fraction of sp³-hybridized carbons (Fsp3) is 0.0500.